The van der Waals surface area contributed by atoms with E-state index >= 15 is 0 Å². The zero-order valence-electron chi connectivity index (χ0n) is 10.2. The highest BCUT2D eigenvalue weighted by Crippen LogP contribution is 2.24. The number of ether oxygens (including phenoxy) is 1. The number of methoxy groups -OCH3 is 1. The molecule has 1 N–H and O–H groups in total. The highest BCUT2D eigenvalue weighted by atomic mass is 16.5. The molecule has 18 heavy (non-hydrogen) atoms. The minimum Gasteiger partial charge on any atom is -0.377 e. The number of nitrogens with one attached hydrogen (secondary N) is 1. The predicted molar refractivity (Wildman–Crippen MR) is 64.7 cm³/mol. The van der Waals surface area contributed by atoms with Gasteiger partial charge in [0.05, 0.1) is 6.04 Å². The van der Waals surface area contributed by atoms with Gasteiger partial charge in [-0.2, -0.15) is 4.98 Å². The van der Waals surface area contributed by atoms with Crippen LogP contribution in [0.1, 0.15) is 28.9 Å². The van der Waals surface area contributed by atoms with E-state index in [0.29, 0.717) is 18.3 Å². The summed E-state index contributed by atoms with van der Waals surface area (Å²) >= 11 is 0. The highest BCUT2D eigenvalue weighted by molar-refractivity contribution is 5.30. The molecule has 0 saturated carbocycles. The second kappa shape index (κ2) is 4.88. The summed E-state index contributed by atoms with van der Waals surface area (Å²) in [6.45, 7) is 1.22. The van der Waals surface area contributed by atoms with Gasteiger partial charge in [-0.3, -0.25) is 0 Å². The number of hydrogen-bond donors (Lipinski definition) is 1. The Bertz CT molecular complexity index is 539. The summed E-state index contributed by atoms with van der Waals surface area (Å²) in [6.07, 6.45) is 0.880. The van der Waals surface area contributed by atoms with Crippen molar-refractivity contribution in [3.63, 3.8) is 0 Å². The van der Waals surface area contributed by atoms with Crippen molar-refractivity contribution in [1.29, 1.82) is 0 Å². The molecule has 0 radical (unpaired) electrons. The van der Waals surface area contributed by atoms with Gasteiger partial charge >= 0.3 is 0 Å². The topological polar surface area (TPSA) is 60.2 Å². The fraction of sp³-hybridized carbons (Fsp3) is 0.385. The van der Waals surface area contributed by atoms with Crippen molar-refractivity contribution in [3.05, 3.63) is 47.1 Å². The van der Waals surface area contributed by atoms with Crippen LogP contribution in [0.3, 0.4) is 0 Å². The van der Waals surface area contributed by atoms with Gasteiger partial charge in [0.2, 0.25) is 5.89 Å². The first-order chi connectivity index (χ1) is 8.86. The lowest BCUT2D eigenvalue weighted by atomic mass is 9.96. The third kappa shape index (κ3) is 2.14. The van der Waals surface area contributed by atoms with Crippen LogP contribution in [0.25, 0.3) is 0 Å². The van der Waals surface area contributed by atoms with Gasteiger partial charge in [0.25, 0.3) is 0 Å². The quantitative estimate of drug-likeness (QED) is 0.890. The molecule has 1 aliphatic heterocycles. The van der Waals surface area contributed by atoms with Gasteiger partial charge in [-0.1, -0.05) is 29.4 Å². The summed E-state index contributed by atoms with van der Waals surface area (Å²) in [5.74, 6) is 1.23. The van der Waals surface area contributed by atoms with E-state index in [1.54, 1.807) is 7.11 Å². The highest BCUT2D eigenvalue weighted by Gasteiger charge is 2.23. The average molecular weight is 245 g/mol. The van der Waals surface area contributed by atoms with Gasteiger partial charge in [0.15, 0.2) is 5.82 Å². The van der Waals surface area contributed by atoms with Gasteiger partial charge < -0.3 is 14.6 Å². The molecule has 94 valence electrons. The number of benzene rings is 1. The average Bonchev–Trinajstić information content (AvgIpc) is 2.87. The number of nitrogens with zero attached hydrogens (tertiary/aromatic N) is 2. The minimum atomic E-state index is 0.0954. The maximum absolute atomic E-state index is 5.27. The van der Waals surface area contributed by atoms with Crippen LogP contribution in [0.4, 0.5) is 0 Å². The minimum absolute atomic E-state index is 0.0954. The molecule has 5 nitrogen and oxygen atoms in total. The van der Waals surface area contributed by atoms with Crippen molar-refractivity contribution in [2.75, 3.05) is 7.11 Å². The van der Waals surface area contributed by atoms with Crippen molar-refractivity contribution in [3.8, 4) is 0 Å². The Morgan fingerprint density at radius 2 is 2.22 bits per heavy atom. The lowest BCUT2D eigenvalue weighted by Crippen LogP contribution is -2.28. The third-order valence-corrected chi connectivity index (χ3v) is 3.14. The zero-order valence-corrected chi connectivity index (χ0v) is 10.2. The molecule has 2 heterocycles. The Kier molecular flexibility index (Phi) is 3.08. The molecular weight excluding hydrogens is 230 g/mol. The Labute approximate surface area is 105 Å². The molecule has 0 aliphatic carbocycles. The third-order valence-electron chi connectivity index (χ3n) is 3.14. The van der Waals surface area contributed by atoms with E-state index in [1.807, 2.05) is 0 Å². The molecule has 1 aromatic heterocycles. The first kappa shape index (κ1) is 11.4. The van der Waals surface area contributed by atoms with E-state index in [2.05, 4.69) is 39.7 Å². The first-order valence-electron chi connectivity index (χ1n) is 5.98. The summed E-state index contributed by atoms with van der Waals surface area (Å²) in [5.41, 5.74) is 2.68. The first-order valence-corrected chi connectivity index (χ1v) is 5.98. The molecule has 0 saturated heterocycles. The van der Waals surface area contributed by atoms with Gasteiger partial charge in [0, 0.05) is 13.7 Å². The van der Waals surface area contributed by atoms with Gasteiger partial charge in [-0.05, 0) is 17.5 Å². The molecule has 0 bridgehead atoms. The van der Waals surface area contributed by atoms with Crippen LogP contribution in [0.15, 0.2) is 28.8 Å². The Morgan fingerprint density at radius 3 is 3.06 bits per heavy atom. The summed E-state index contributed by atoms with van der Waals surface area (Å²) in [5, 5.41) is 7.30. The van der Waals surface area contributed by atoms with Gasteiger partial charge in [0.1, 0.15) is 6.61 Å². The monoisotopic (exact) mass is 245 g/mol. The van der Waals surface area contributed by atoms with E-state index < -0.39 is 0 Å². The molecular formula is C13H15N3O2. The Balaban J connectivity index is 1.78. The standard InChI is InChI=1S/C13H15N3O2/c1-17-8-12-15-13(18-16-12)11-6-9-4-2-3-5-10(9)7-14-11/h2-5,11,14H,6-8H2,1H3/t11-/m0/s1. The van der Waals surface area contributed by atoms with Crippen LogP contribution in [0.5, 0.6) is 0 Å². The summed E-state index contributed by atoms with van der Waals surface area (Å²) in [7, 11) is 1.62. The summed E-state index contributed by atoms with van der Waals surface area (Å²) in [4.78, 5) is 4.33. The van der Waals surface area contributed by atoms with Gasteiger partial charge in [-0.25, -0.2) is 0 Å². The van der Waals surface area contributed by atoms with Crippen molar-refractivity contribution in [2.24, 2.45) is 0 Å². The molecule has 0 amide bonds. The molecule has 5 heteroatoms. The van der Waals surface area contributed by atoms with Crippen LogP contribution in [-0.4, -0.2) is 17.3 Å². The zero-order chi connectivity index (χ0) is 12.4. The number of rotatable bonds is 3. The van der Waals surface area contributed by atoms with E-state index in [9.17, 15) is 0 Å². The molecule has 3 rings (SSSR count). The van der Waals surface area contributed by atoms with Gasteiger partial charge in [-0.15, -0.1) is 0 Å². The van der Waals surface area contributed by atoms with E-state index in [0.717, 1.165) is 13.0 Å². The molecule has 2 aromatic rings. The van der Waals surface area contributed by atoms with Crippen molar-refractivity contribution < 1.29 is 9.26 Å². The van der Waals surface area contributed by atoms with E-state index in [-0.39, 0.29) is 6.04 Å². The fourth-order valence-electron chi connectivity index (χ4n) is 2.23. The predicted octanol–water partition coefficient (Wildman–Crippen LogP) is 1.60. The number of hydrogen-bond acceptors (Lipinski definition) is 5. The fourth-order valence-corrected chi connectivity index (χ4v) is 2.23. The van der Waals surface area contributed by atoms with Crippen molar-refractivity contribution in [1.82, 2.24) is 15.5 Å². The Hall–Kier alpha value is -1.72. The molecule has 0 fully saturated rings. The lowest BCUT2D eigenvalue weighted by molar-refractivity contribution is 0.174. The van der Waals surface area contributed by atoms with Crippen LogP contribution in [0.2, 0.25) is 0 Å². The smallest absolute Gasteiger partial charge is 0.244 e. The SMILES string of the molecule is COCc1noc([C@@H]2Cc3ccccc3CN2)n1. The van der Waals surface area contributed by atoms with Crippen LogP contribution >= 0.6 is 0 Å². The molecule has 1 aromatic carbocycles. The lowest BCUT2D eigenvalue weighted by Gasteiger charge is -2.23. The molecule has 0 unspecified atom stereocenters. The second-order valence-corrected chi connectivity index (χ2v) is 4.39. The maximum atomic E-state index is 5.27. The maximum Gasteiger partial charge on any atom is 0.244 e. The van der Waals surface area contributed by atoms with E-state index in [4.69, 9.17) is 9.26 Å². The number of fused-ring (bicyclic) bond motifs is 1. The van der Waals surface area contributed by atoms with Crippen molar-refractivity contribution >= 4 is 0 Å². The Morgan fingerprint density at radius 1 is 1.39 bits per heavy atom. The second-order valence-electron chi connectivity index (χ2n) is 4.39. The van der Waals surface area contributed by atoms with Crippen LogP contribution in [0, 0.1) is 0 Å². The molecule has 1 atom stereocenters. The largest absolute Gasteiger partial charge is 0.377 e. The number of aromatic nitrogens is 2. The van der Waals surface area contributed by atoms with Crippen molar-refractivity contribution in [2.45, 2.75) is 25.6 Å². The molecule has 0 spiro atoms. The summed E-state index contributed by atoms with van der Waals surface area (Å²) < 4.78 is 10.2. The normalized spacial score (nSPS) is 18.6. The summed E-state index contributed by atoms with van der Waals surface area (Å²) in [6, 6.07) is 8.51. The van der Waals surface area contributed by atoms with Crippen LogP contribution < -0.4 is 5.32 Å². The van der Waals surface area contributed by atoms with E-state index in [1.165, 1.54) is 11.1 Å². The van der Waals surface area contributed by atoms with Crippen LogP contribution in [-0.2, 0) is 24.3 Å². The molecule has 1 aliphatic rings.